The van der Waals surface area contributed by atoms with Gasteiger partial charge in [-0.1, -0.05) is 12.2 Å². The van der Waals surface area contributed by atoms with Crippen LogP contribution in [0, 0.1) is 0 Å². The zero-order valence-corrected chi connectivity index (χ0v) is 19.4. The van der Waals surface area contributed by atoms with Crippen molar-refractivity contribution in [2.45, 2.75) is 49.8 Å². The second kappa shape index (κ2) is 9.06. The van der Waals surface area contributed by atoms with E-state index in [4.69, 9.17) is 0 Å². The topological polar surface area (TPSA) is 101 Å². The summed E-state index contributed by atoms with van der Waals surface area (Å²) in [6, 6.07) is 4.08. The first-order chi connectivity index (χ1) is 16.0. The lowest BCUT2D eigenvalue weighted by atomic mass is 9.91. The fourth-order valence-electron chi connectivity index (χ4n) is 4.35. The number of anilines is 1. The summed E-state index contributed by atoms with van der Waals surface area (Å²) in [5, 5.41) is 6.72. The number of alkyl halides is 3. The number of hydrogen-bond acceptors (Lipinski definition) is 7. The lowest BCUT2D eigenvalue weighted by molar-refractivity contribution is -0.128. The maximum Gasteiger partial charge on any atom is 0.534 e. The van der Waals surface area contributed by atoms with Crippen LogP contribution in [0.4, 0.5) is 18.9 Å². The number of aromatic nitrogens is 1. The Balaban J connectivity index is 1.79. The fraction of sp³-hybridized carbons (Fsp3) is 0.455. The predicted octanol–water partition coefficient (Wildman–Crippen LogP) is 3.26. The SMILES string of the molecule is CC1CC2C[C@@H](C(=O)NCC/C=C/c3c(OS(=O)(=O)C(F)(F)F)ccc4ncc(cc34)N2)N1C. The molecule has 2 aliphatic rings. The van der Waals surface area contributed by atoms with Crippen molar-refractivity contribution in [3.63, 3.8) is 0 Å². The predicted molar refractivity (Wildman–Crippen MR) is 122 cm³/mol. The molecule has 2 N–H and O–H groups in total. The van der Waals surface area contributed by atoms with E-state index in [0.717, 1.165) is 12.5 Å². The number of pyridine rings is 1. The van der Waals surface area contributed by atoms with Gasteiger partial charge in [0.1, 0.15) is 0 Å². The highest BCUT2D eigenvalue weighted by molar-refractivity contribution is 7.88. The highest BCUT2D eigenvalue weighted by Crippen LogP contribution is 2.35. The number of likely N-dealkylation sites (N-methyl/N-ethyl adjacent to an activating group) is 1. The Morgan fingerprint density at radius 3 is 2.74 bits per heavy atom. The first kappa shape index (κ1) is 24.3. The quantitative estimate of drug-likeness (QED) is 0.484. The molecular formula is C22H25F3N4O4S. The molecule has 12 heteroatoms. The summed E-state index contributed by atoms with van der Waals surface area (Å²) in [5.41, 5.74) is -4.33. The van der Waals surface area contributed by atoms with Crippen molar-refractivity contribution in [2.24, 2.45) is 0 Å². The first-order valence-electron chi connectivity index (χ1n) is 10.8. The third-order valence-electron chi connectivity index (χ3n) is 6.24. The summed E-state index contributed by atoms with van der Waals surface area (Å²) in [7, 11) is -3.93. The summed E-state index contributed by atoms with van der Waals surface area (Å²) >= 11 is 0. The van der Waals surface area contributed by atoms with Gasteiger partial charge in [0.25, 0.3) is 0 Å². The number of rotatable bonds is 2. The molecule has 1 aromatic carbocycles. The van der Waals surface area contributed by atoms with Crippen LogP contribution in [0.15, 0.2) is 30.5 Å². The van der Waals surface area contributed by atoms with Crippen molar-refractivity contribution in [1.29, 1.82) is 0 Å². The number of carbonyl (C=O) groups is 1. The molecule has 1 fully saturated rings. The van der Waals surface area contributed by atoms with Crippen molar-refractivity contribution >= 4 is 38.7 Å². The largest absolute Gasteiger partial charge is 0.534 e. The highest BCUT2D eigenvalue weighted by atomic mass is 32.2. The van der Waals surface area contributed by atoms with Crippen LogP contribution in [0.3, 0.4) is 0 Å². The minimum absolute atomic E-state index is 0.0341. The summed E-state index contributed by atoms with van der Waals surface area (Å²) in [6.07, 6.45) is 6.46. The monoisotopic (exact) mass is 498 g/mol. The Labute approximate surface area is 195 Å². The number of nitrogens with zero attached hydrogens (tertiary/aromatic N) is 2. The van der Waals surface area contributed by atoms with Gasteiger partial charge in [-0.2, -0.15) is 21.6 Å². The van der Waals surface area contributed by atoms with E-state index in [-0.39, 0.29) is 29.6 Å². The van der Waals surface area contributed by atoms with Gasteiger partial charge in [0, 0.05) is 29.6 Å². The van der Waals surface area contributed by atoms with Gasteiger partial charge >= 0.3 is 15.6 Å². The minimum atomic E-state index is -5.85. The van der Waals surface area contributed by atoms with E-state index < -0.39 is 21.4 Å². The number of halogens is 3. The summed E-state index contributed by atoms with van der Waals surface area (Å²) in [6.45, 7) is 2.36. The number of hydrogen-bond donors (Lipinski definition) is 2. The molecular weight excluding hydrogens is 473 g/mol. The van der Waals surface area contributed by atoms with Gasteiger partial charge in [-0.25, -0.2) is 0 Å². The van der Waals surface area contributed by atoms with Crippen LogP contribution >= 0.6 is 0 Å². The molecule has 8 nitrogen and oxygen atoms in total. The number of nitrogens with one attached hydrogen (secondary N) is 2. The molecule has 1 saturated heterocycles. The number of amides is 1. The molecule has 0 aliphatic carbocycles. The van der Waals surface area contributed by atoms with Crippen LogP contribution in [0.2, 0.25) is 0 Å². The van der Waals surface area contributed by atoms with Crippen LogP contribution in [0.5, 0.6) is 5.75 Å². The van der Waals surface area contributed by atoms with Gasteiger partial charge in [-0.15, -0.1) is 0 Å². The van der Waals surface area contributed by atoms with Gasteiger partial charge in [0.05, 0.1) is 23.4 Å². The Kier molecular flexibility index (Phi) is 6.47. The maximum atomic E-state index is 12.9. The summed E-state index contributed by atoms with van der Waals surface area (Å²) in [5.74, 6) is -0.551. The average molecular weight is 499 g/mol. The standard InChI is InChI=1S/C22H25F3N4O4S/c1-13-9-14-11-19(29(13)2)21(30)26-8-4-3-5-16-17-10-15(28-14)12-27-18(17)6-7-20(16)33-34(31,32)22(23,24)25/h3,5-7,10,12-14,19,28H,4,8-9,11H2,1-2H3,(H,26,30)/b5-3+/t13?,14?,19-/m0/s1. The minimum Gasteiger partial charge on any atom is -0.381 e. The number of fused-ring (bicyclic) bond motifs is 3. The summed E-state index contributed by atoms with van der Waals surface area (Å²) < 4.78 is 66.6. The normalized spacial score (nSPS) is 25.3. The molecule has 34 heavy (non-hydrogen) atoms. The van der Waals surface area contributed by atoms with Gasteiger partial charge in [-0.05, 0) is 51.4 Å². The maximum absolute atomic E-state index is 12.9. The van der Waals surface area contributed by atoms with Crippen LogP contribution in [0.25, 0.3) is 17.0 Å². The number of carbonyl (C=O) groups excluding carboxylic acids is 1. The molecule has 1 aromatic heterocycles. The van der Waals surface area contributed by atoms with Gasteiger partial charge in [-0.3, -0.25) is 14.7 Å². The van der Waals surface area contributed by atoms with E-state index >= 15 is 0 Å². The number of piperidine rings is 1. The van der Waals surface area contributed by atoms with E-state index in [2.05, 4.69) is 24.7 Å². The Bertz CT molecular complexity index is 1230. The molecule has 2 unspecified atom stereocenters. The molecule has 0 saturated carbocycles. The summed E-state index contributed by atoms with van der Waals surface area (Å²) in [4.78, 5) is 19.2. The lowest BCUT2D eigenvalue weighted by Crippen LogP contribution is -2.55. The smallest absolute Gasteiger partial charge is 0.381 e. The number of likely N-dealkylation sites (tertiary alicyclic amines) is 1. The molecule has 4 bridgehead atoms. The second-order valence-corrected chi connectivity index (χ2v) is 10.1. The van der Waals surface area contributed by atoms with E-state index in [1.54, 1.807) is 18.3 Å². The lowest BCUT2D eigenvalue weighted by Gasteiger charge is -2.41. The third kappa shape index (κ3) is 4.83. The zero-order valence-electron chi connectivity index (χ0n) is 18.6. The van der Waals surface area contributed by atoms with Gasteiger partial charge in [0.2, 0.25) is 5.91 Å². The molecule has 2 aromatic rings. The molecule has 0 radical (unpaired) electrons. The van der Waals surface area contributed by atoms with E-state index in [1.165, 1.54) is 12.1 Å². The Hall–Kier alpha value is -2.86. The number of benzene rings is 1. The van der Waals surface area contributed by atoms with Crippen LogP contribution in [-0.4, -0.2) is 61.4 Å². The van der Waals surface area contributed by atoms with Crippen molar-refractivity contribution in [1.82, 2.24) is 15.2 Å². The molecule has 0 spiro atoms. The molecule has 4 rings (SSSR count). The average Bonchev–Trinajstić information content (AvgIpc) is 2.75. The highest BCUT2D eigenvalue weighted by Gasteiger charge is 2.48. The zero-order chi connectivity index (χ0) is 24.7. The second-order valence-electron chi connectivity index (χ2n) is 8.58. The first-order valence-corrected chi connectivity index (χ1v) is 12.2. The van der Waals surface area contributed by atoms with E-state index in [9.17, 15) is 26.4 Å². The van der Waals surface area contributed by atoms with Crippen molar-refractivity contribution in [3.05, 3.63) is 36.0 Å². The molecule has 3 heterocycles. The van der Waals surface area contributed by atoms with Crippen LogP contribution in [0.1, 0.15) is 31.7 Å². The van der Waals surface area contributed by atoms with Crippen molar-refractivity contribution in [2.75, 3.05) is 18.9 Å². The van der Waals surface area contributed by atoms with Gasteiger partial charge < -0.3 is 14.8 Å². The van der Waals surface area contributed by atoms with Crippen LogP contribution in [-0.2, 0) is 14.9 Å². The van der Waals surface area contributed by atoms with Crippen LogP contribution < -0.4 is 14.8 Å². The van der Waals surface area contributed by atoms with Crippen molar-refractivity contribution < 1.29 is 30.6 Å². The molecule has 3 atom stereocenters. The Morgan fingerprint density at radius 2 is 2.00 bits per heavy atom. The Morgan fingerprint density at radius 1 is 1.24 bits per heavy atom. The van der Waals surface area contributed by atoms with E-state index in [0.29, 0.717) is 36.0 Å². The molecule has 2 aliphatic heterocycles. The van der Waals surface area contributed by atoms with Gasteiger partial charge in [0.15, 0.2) is 5.75 Å². The van der Waals surface area contributed by atoms with E-state index in [1.807, 2.05) is 14.0 Å². The molecule has 1 amide bonds. The van der Waals surface area contributed by atoms with Crippen molar-refractivity contribution in [3.8, 4) is 5.75 Å². The fourth-order valence-corrected chi connectivity index (χ4v) is 4.83. The molecule has 184 valence electrons. The third-order valence-corrected chi connectivity index (χ3v) is 7.20.